The van der Waals surface area contributed by atoms with Crippen LogP contribution in [0.25, 0.3) is 0 Å². The minimum atomic E-state index is -0.325. The SMILES string of the molecule is COC(=O)c1ccc(OCCCC2CCN(C(N)=NN=NC(C)C)CC2)cc1C. The molecule has 0 atom stereocenters. The highest BCUT2D eigenvalue weighted by Gasteiger charge is 2.20. The lowest BCUT2D eigenvalue weighted by molar-refractivity contribution is 0.0600. The van der Waals surface area contributed by atoms with Gasteiger partial charge in [-0.25, -0.2) is 4.79 Å². The van der Waals surface area contributed by atoms with Crippen LogP contribution in [0.4, 0.5) is 0 Å². The predicted molar refractivity (Wildman–Crippen MR) is 113 cm³/mol. The summed E-state index contributed by atoms with van der Waals surface area (Å²) in [7, 11) is 1.38. The molecular weight excluding hydrogens is 370 g/mol. The van der Waals surface area contributed by atoms with Crippen molar-refractivity contribution in [3.8, 4) is 5.75 Å². The summed E-state index contributed by atoms with van der Waals surface area (Å²) in [6, 6.07) is 5.56. The number of likely N-dealkylation sites (tertiary alicyclic amines) is 1. The van der Waals surface area contributed by atoms with Crippen LogP contribution in [0.5, 0.6) is 5.75 Å². The Labute approximate surface area is 173 Å². The van der Waals surface area contributed by atoms with Gasteiger partial charge in [0.1, 0.15) is 5.75 Å². The Morgan fingerprint density at radius 3 is 2.66 bits per heavy atom. The highest BCUT2D eigenvalue weighted by atomic mass is 16.5. The summed E-state index contributed by atoms with van der Waals surface area (Å²) in [4.78, 5) is 13.7. The van der Waals surface area contributed by atoms with E-state index in [-0.39, 0.29) is 12.0 Å². The Hall–Kier alpha value is -2.64. The van der Waals surface area contributed by atoms with Crippen molar-refractivity contribution in [1.82, 2.24) is 4.90 Å². The number of carbonyl (C=O) groups excluding carboxylic acids is 1. The van der Waals surface area contributed by atoms with E-state index in [9.17, 15) is 4.79 Å². The molecule has 1 aromatic carbocycles. The number of benzene rings is 1. The van der Waals surface area contributed by atoms with Crippen LogP contribution in [0.1, 0.15) is 55.5 Å². The first-order valence-electron chi connectivity index (χ1n) is 10.2. The van der Waals surface area contributed by atoms with Crippen LogP contribution < -0.4 is 10.5 Å². The summed E-state index contributed by atoms with van der Waals surface area (Å²) < 4.78 is 10.6. The molecule has 1 aromatic rings. The second-order valence-corrected chi connectivity index (χ2v) is 7.65. The van der Waals surface area contributed by atoms with E-state index in [0.717, 1.165) is 50.1 Å². The lowest BCUT2D eigenvalue weighted by atomic mass is 9.92. The summed E-state index contributed by atoms with van der Waals surface area (Å²) in [6.45, 7) is 8.23. The monoisotopic (exact) mass is 403 g/mol. The van der Waals surface area contributed by atoms with E-state index in [2.05, 4.69) is 20.3 Å². The van der Waals surface area contributed by atoms with Crippen LogP contribution in [0.3, 0.4) is 0 Å². The Kier molecular flexibility index (Phi) is 8.89. The maximum Gasteiger partial charge on any atom is 0.338 e. The van der Waals surface area contributed by atoms with E-state index in [1.54, 1.807) is 6.07 Å². The number of nitrogens with two attached hydrogens (primary N) is 1. The number of ether oxygens (including phenoxy) is 2. The van der Waals surface area contributed by atoms with Crippen LogP contribution in [-0.4, -0.2) is 49.7 Å². The van der Waals surface area contributed by atoms with Crippen molar-refractivity contribution in [1.29, 1.82) is 0 Å². The normalized spacial score (nSPS) is 15.9. The van der Waals surface area contributed by atoms with Gasteiger partial charge in [0, 0.05) is 13.1 Å². The first-order chi connectivity index (χ1) is 13.9. The number of methoxy groups -OCH3 is 1. The molecule has 2 N–H and O–H groups in total. The van der Waals surface area contributed by atoms with Crippen molar-refractivity contribution < 1.29 is 14.3 Å². The zero-order valence-electron chi connectivity index (χ0n) is 17.9. The lowest BCUT2D eigenvalue weighted by Crippen LogP contribution is -2.42. The number of hydrogen-bond acceptors (Lipinski definition) is 5. The van der Waals surface area contributed by atoms with Gasteiger partial charge in [0.05, 0.1) is 25.3 Å². The fourth-order valence-corrected chi connectivity index (χ4v) is 3.32. The van der Waals surface area contributed by atoms with Crippen LogP contribution in [0.15, 0.2) is 33.6 Å². The van der Waals surface area contributed by atoms with Crippen molar-refractivity contribution in [2.45, 2.75) is 52.5 Å². The van der Waals surface area contributed by atoms with Crippen molar-refractivity contribution in [3.63, 3.8) is 0 Å². The average Bonchev–Trinajstić information content (AvgIpc) is 2.71. The van der Waals surface area contributed by atoms with Gasteiger partial charge in [-0.1, -0.05) is 5.10 Å². The van der Waals surface area contributed by atoms with Crippen molar-refractivity contribution in [2.24, 2.45) is 27.1 Å². The molecule has 0 spiro atoms. The number of nitrogens with zero attached hydrogens (tertiary/aromatic N) is 4. The molecule has 1 fully saturated rings. The third kappa shape index (κ3) is 7.36. The molecule has 8 heteroatoms. The Bertz CT molecular complexity index is 725. The molecule has 0 unspecified atom stereocenters. The van der Waals surface area contributed by atoms with Gasteiger partial charge in [0.15, 0.2) is 0 Å². The number of guanidine groups is 1. The van der Waals surface area contributed by atoms with E-state index in [4.69, 9.17) is 15.2 Å². The summed E-state index contributed by atoms with van der Waals surface area (Å²) in [5.74, 6) is 1.57. The highest BCUT2D eigenvalue weighted by Crippen LogP contribution is 2.23. The first kappa shape index (κ1) is 22.6. The van der Waals surface area contributed by atoms with Crippen LogP contribution in [0, 0.1) is 12.8 Å². The summed E-state index contributed by atoms with van der Waals surface area (Å²) in [5, 5.41) is 11.7. The third-order valence-corrected chi connectivity index (χ3v) is 5.00. The second kappa shape index (κ2) is 11.4. The molecule has 2 rings (SSSR count). The van der Waals surface area contributed by atoms with Gasteiger partial charge in [-0.3, -0.25) is 0 Å². The predicted octanol–water partition coefficient (Wildman–Crippen LogP) is 3.74. The number of rotatable bonds is 8. The molecule has 0 saturated carbocycles. The van der Waals surface area contributed by atoms with E-state index in [0.29, 0.717) is 24.0 Å². The lowest BCUT2D eigenvalue weighted by Gasteiger charge is -2.32. The van der Waals surface area contributed by atoms with Crippen molar-refractivity contribution >= 4 is 11.9 Å². The fraction of sp³-hybridized carbons (Fsp3) is 0.619. The van der Waals surface area contributed by atoms with Crippen molar-refractivity contribution in [3.05, 3.63) is 29.3 Å². The Morgan fingerprint density at radius 1 is 1.31 bits per heavy atom. The van der Waals surface area contributed by atoms with Crippen molar-refractivity contribution in [2.75, 3.05) is 26.8 Å². The van der Waals surface area contributed by atoms with E-state index < -0.39 is 0 Å². The first-order valence-corrected chi connectivity index (χ1v) is 10.2. The van der Waals surface area contributed by atoms with Gasteiger partial charge in [-0.15, -0.1) is 0 Å². The molecule has 1 aliphatic rings. The molecule has 8 nitrogen and oxygen atoms in total. The number of carbonyl (C=O) groups is 1. The molecular formula is C21H33N5O3. The fourth-order valence-electron chi connectivity index (χ4n) is 3.32. The van der Waals surface area contributed by atoms with Gasteiger partial charge in [-0.2, -0.15) is 5.11 Å². The molecule has 29 heavy (non-hydrogen) atoms. The van der Waals surface area contributed by atoms with E-state index >= 15 is 0 Å². The summed E-state index contributed by atoms with van der Waals surface area (Å²) in [5.41, 5.74) is 7.41. The standard InChI is InChI=1S/C21H33N5O3/c1-15(2)23-25-24-21(22)26-11-9-17(10-12-26)6-5-13-29-18-7-8-19(16(3)14-18)20(27)28-4/h7-8,14-15,17H,5-6,9-13H2,1-4H3,(H2,22,23,24). The molecule has 0 aromatic heterocycles. The molecule has 1 aliphatic heterocycles. The van der Waals surface area contributed by atoms with Gasteiger partial charge in [-0.05, 0) is 81.4 Å². The maximum atomic E-state index is 11.6. The molecule has 0 amide bonds. The minimum absolute atomic E-state index is 0.120. The number of piperidine rings is 1. The number of hydrogen-bond donors (Lipinski definition) is 1. The topological polar surface area (TPSA) is 102 Å². The molecule has 1 saturated heterocycles. The highest BCUT2D eigenvalue weighted by molar-refractivity contribution is 5.91. The van der Waals surface area contributed by atoms with Gasteiger partial charge >= 0.3 is 5.97 Å². The molecule has 0 aliphatic carbocycles. The molecule has 0 bridgehead atoms. The Morgan fingerprint density at radius 2 is 2.03 bits per heavy atom. The number of aryl methyl sites for hydroxylation is 1. The smallest absolute Gasteiger partial charge is 0.338 e. The van der Waals surface area contributed by atoms with Crippen LogP contribution in [-0.2, 0) is 4.74 Å². The largest absolute Gasteiger partial charge is 0.494 e. The molecule has 1 heterocycles. The zero-order valence-corrected chi connectivity index (χ0v) is 17.9. The van der Waals surface area contributed by atoms with E-state index in [1.807, 2.05) is 32.9 Å². The van der Waals surface area contributed by atoms with E-state index in [1.165, 1.54) is 7.11 Å². The minimum Gasteiger partial charge on any atom is -0.494 e. The summed E-state index contributed by atoms with van der Waals surface area (Å²) in [6.07, 6.45) is 4.29. The second-order valence-electron chi connectivity index (χ2n) is 7.65. The van der Waals surface area contributed by atoms with Gasteiger partial charge in [0.25, 0.3) is 0 Å². The Balaban J connectivity index is 1.68. The van der Waals surface area contributed by atoms with Gasteiger partial charge in [0.2, 0.25) is 5.96 Å². The quantitative estimate of drug-likeness (QED) is 0.178. The third-order valence-electron chi connectivity index (χ3n) is 5.00. The maximum absolute atomic E-state index is 11.6. The van der Waals surface area contributed by atoms with Crippen LogP contribution in [0.2, 0.25) is 0 Å². The zero-order chi connectivity index (χ0) is 21.2. The van der Waals surface area contributed by atoms with Gasteiger partial charge < -0.3 is 20.1 Å². The van der Waals surface area contributed by atoms with Crippen LogP contribution >= 0.6 is 0 Å². The molecule has 0 radical (unpaired) electrons. The molecule has 160 valence electrons. The average molecular weight is 404 g/mol. The number of esters is 1. The summed E-state index contributed by atoms with van der Waals surface area (Å²) >= 11 is 0.